The number of carbonyl (C=O) groups is 3. The van der Waals surface area contributed by atoms with Gasteiger partial charge in [-0.1, -0.05) is 0 Å². The average Bonchev–Trinajstić information content (AvgIpc) is 3.33. The van der Waals surface area contributed by atoms with Gasteiger partial charge in [0.15, 0.2) is 0 Å². The number of aromatic nitrogens is 1. The van der Waals surface area contributed by atoms with Crippen LogP contribution < -0.4 is 5.32 Å². The van der Waals surface area contributed by atoms with E-state index < -0.39 is 17.7 Å². The summed E-state index contributed by atoms with van der Waals surface area (Å²) in [4.78, 5) is 46.2. The number of thiazole rings is 1. The second-order valence-electron chi connectivity index (χ2n) is 9.10. The Balaban J connectivity index is 1.52. The van der Waals surface area contributed by atoms with E-state index in [0.717, 1.165) is 31.5 Å². The predicted molar refractivity (Wildman–Crippen MR) is 114 cm³/mol. The third-order valence-corrected chi connectivity index (χ3v) is 6.41. The summed E-state index contributed by atoms with van der Waals surface area (Å²) in [5.74, 6) is 0.0919. The normalized spacial score (nSPS) is 22.1. The summed E-state index contributed by atoms with van der Waals surface area (Å²) in [7, 11) is 0. The van der Waals surface area contributed by atoms with E-state index in [1.165, 1.54) is 16.2 Å². The van der Waals surface area contributed by atoms with E-state index in [1.807, 2.05) is 32.6 Å². The molecule has 3 heterocycles. The molecule has 0 bridgehead atoms. The first-order valence-electron chi connectivity index (χ1n) is 10.6. The second kappa shape index (κ2) is 9.32. The van der Waals surface area contributed by atoms with Crippen LogP contribution in [0.3, 0.4) is 0 Å². The first-order valence-corrected chi connectivity index (χ1v) is 11.5. The van der Waals surface area contributed by atoms with Crippen LogP contribution in [0.5, 0.6) is 0 Å². The number of piperidine rings is 1. The summed E-state index contributed by atoms with van der Waals surface area (Å²) in [5, 5.41) is 3.01. The highest BCUT2D eigenvalue weighted by Crippen LogP contribution is 2.23. The van der Waals surface area contributed by atoms with Crippen LogP contribution in [0.1, 0.15) is 61.8 Å². The van der Waals surface area contributed by atoms with E-state index in [2.05, 4.69) is 10.3 Å². The summed E-state index contributed by atoms with van der Waals surface area (Å²) in [5.41, 5.74) is 1.88. The van der Waals surface area contributed by atoms with Crippen molar-refractivity contribution >= 4 is 29.2 Å². The van der Waals surface area contributed by atoms with Crippen LogP contribution >= 0.6 is 11.3 Å². The van der Waals surface area contributed by atoms with Crippen molar-refractivity contribution in [3.05, 3.63) is 16.1 Å². The van der Waals surface area contributed by atoms with E-state index in [1.54, 1.807) is 5.51 Å². The Morgan fingerprint density at radius 2 is 1.97 bits per heavy atom. The maximum absolute atomic E-state index is 12.8. The lowest BCUT2D eigenvalue weighted by Gasteiger charge is -2.33. The van der Waals surface area contributed by atoms with Crippen LogP contribution in [0.4, 0.5) is 4.79 Å². The van der Waals surface area contributed by atoms with Gasteiger partial charge in [-0.3, -0.25) is 14.5 Å². The first kappa shape index (κ1) is 22.5. The summed E-state index contributed by atoms with van der Waals surface area (Å²) in [6, 6.07) is -0.485. The summed E-state index contributed by atoms with van der Waals surface area (Å²) >= 11 is 1.37. The van der Waals surface area contributed by atoms with E-state index in [-0.39, 0.29) is 17.7 Å². The van der Waals surface area contributed by atoms with Gasteiger partial charge >= 0.3 is 6.09 Å². The molecule has 0 saturated carbocycles. The van der Waals surface area contributed by atoms with Gasteiger partial charge < -0.3 is 15.0 Å². The van der Waals surface area contributed by atoms with Crippen molar-refractivity contribution in [2.24, 2.45) is 5.92 Å². The maximum Gasteiger partial charge on any atom is 0.410 e. The van der Waals surface area contributed by atoms with Gasteiger partial charge in [-0.25, -0.2) is 9.78 Å². The molecule has 30 heavy (non-hydrogen) atoms. The number of amides is 3. The van der Waals surface area contributed by atoms with Crippen LogP contribution in [-0.4, -0.2) is 70.5 Å². The molecule has 9 heteroatoms. The molecular weight excluding hydrogens is 404 g/mol. The molecule has 166 valence electrons. The third kappa shape index (κ3) is 5.50. The highest BCUT2D eigenvalue weighted by molar-refractivity contribution is 7.11. The zero-order chi connectivity index (χ0) is 21.9. The largest absolute Gasteiger partial charge is 0.444 e. The minimum absolute atomic E-state index is 0.0259. The number of carbonyl (C=O) groups excluding carboxylic acids is 3. The monoisotopic (exact) mass is 436 g/mol. The maximum atomic E-state index is 12.8. The van der Waals surface area contributed by atoms with Crippen molar-refractivity contribution in [3.8, 4) is 0 Å². The van der Waals surface area contributed by atoms with Crippen molar-refractivity contribution in [3.63, 3.8) is 0 Å². The fourth-order valence-electron chi connectivity index (χ4n) is 4.01. The Morgan fingerprint density at radius 1 is 1.23 bits per heavy atom. The van der Waals surface area contributed by atoms with Gasteiger partial charge in [-0.15, -0.1) is 11.3 Å². The topological polar surface area (TPSA) is 91.8 Å². The van der Waals surface area contributed by atoms with Gasteiger partial charge in [0.25, 0.3) is 5.91 Å². The lowest BCUT2D eigenvalue weighted by atomic mass is 9.97. The molecule has 1 aromatic rings. The number of hydrogen-bond donors (Lipinski definition) is 1. The number of ether oxygens (including phenoxy) is 1. The van der Waals surface area contributed by atoms with Gasteiger partial charge in [0, 0.05) is 26.2 Å². The highest BCUT2D eigenvalue weighted by Gasteiger charge is 2.37. The van der Waals surface area contributed by atoms with Gasteiger partial charge in [0.05, 0.1) is 11.2 Å². The molecule has 0 aromatic carbocycles. The number of nitrogens with zero attached hydrogens (tertiary/aromatic N) is 3. The Hall–Kier alpha value is -2.16. The lowest BCUT2D eigenvalue weighted by molar-refractivity contribution is -0.125. The van der Waals surface area contributed by atoms with Gasteiger partial charge in [0.2, 0.25) is 5.91 Å². The van der Waals surface area contributed by atoms with Crippen molar-refractivity contribution < 1.29 is 19.1 Å². The van der Waals surface area contributed by atoms with Crippen LogP contribution in [0, 0.1) is 12.8 Å². The molecule has 2 aliphatic rings. The Labute approximate surface area is 182 Å². The molecule has 0 spiro atoms. The summed E-state index contributed by atoms with van der Waals surface area (Å²) in [6.07, 6.45) is 2.88. The SMILES string of the molecule is Cc1ncsc1C(=O)N1CCC[C@@H](CNC(=O)[C@@H]2CCCN2C(=O)OC(C)(C)C)C1. The third-order valence-electron chi connectivity index (χ3n) is 5.49. The second-order valence-corrected chi connectivity index (χ2v) is 9.96. The zero-order valence-corrected chi connectivity index (χ0v) is 19.1. The minimum Gasteiger partial charge on any atom is -0.444 e. The van der Waals surface area contributed by atoms with E-state index in [9.17, 15) is 14.4 Å². The fraction of sp³-hybridized carbons (Fsp3) is 0.714. The molecule has 2 saturated heterocycles. The Kier molecular flexibility index (Phi) is 7.00. The average molecular weight is 437 g/mol. The highest BCUT2D eigenvalue weighted by atomic mass is 32.1. The molecular formula is C21H32N4O4S. The quantitative estimate of drug-likeness (QED) is 0.784. The molecule has 2 atom stereocenters. The Morgan fingerprint density at radius 3 is 2.63 bits per heavy atom. The van der Waals surface area contributed by atoms with E-state index >= 15 is 0 Å². The molecule has 0 radical (unpaired) electrons. The van der Waals surface area contributed by atoms with Gasteiger partial charge in [0.1, 0.15) is 16.5 Å². The van der Waals surface area contributed by atoms with Crippen molar-refractivity contribution in [2.45, 2.75) is 65.0 Å². The van der Waals surface area contributed by atoms with Crippen LogP contribution in [0.25, 0.3) is 0 Å². The van der Waals surface area contributed by atoms with Crippen LogP contribution in [0.2, 0.25) is 0 Å². The van der Waals surface area contributed by atoms with Crippen LogP contribution in [-0.2, 0) is 9.53 Å². The molecule has 0 aliphatic carbocycles. The standard InChI is InChI=1S/C21H32N4O4S/c1-14-17(30-13-23-14)19(27)24-9-5-7-15(12-24)11-22-18(26)16-8-6-10-25(16)20(28)29-21(2,3)4/h13,15-16H,5-12H2,1-4H3,(H,22,26)/t15-,16-/m0/s1. The number of nitrogens with one attached hydrogen (secondary N) is 1. The number of rotatable bonds is 4. The van der Waals surface area contributed by atoms with Crippen molar-refractivity contribution in [1.82, 2.24) is 20.1 Å². The number of hydrogen-bond acceptors (Lipinski definition) is 6. The van der Waals surface area contributed by atoms with Crippen LogP contribution in [0.15, 0.2) is 5.51 Å². The van der Waals surface area contributed by atoms with Crippen molar-refractivity contribution in [2.75, 3.05) is 26.2 Å². The predicted octanol–water partition coefficient (Wildman–Crippen LogP) is 2.82. The first-order chi connectivity index (χ1) is 14.2. The van der Waals surface area contributed by atoms with Gasteiger partial charge in [-0.05, 0) is 59.3 Å². The molecule has 8 nitrogen and oxygen atoms in total. The van der Waals surface area contributed by atoms with E-state index in [0.29, 0.717) is 30.9 Å². The fourth-order valence-corrected chi connectivity index (χ4v) is 4.78. The molecule has 1 aromatic heterocycles. The molecule has 0 unspecified atom stereocenters. The Bertz CT molecular complexity index is 788. The minimum atomic E-state index is -0.588. The number of likely N-dealkylation sites (tertiary alicyclic amines) is 2. The molecule has 3 rings (SSSR count). The van der Waals surface area contributed by atoms with E-state index in [4.69, 9.17) is 4.74 Å². The molecule has 2 fully saturated rings. The molecule has 3 amide bonds. The van der Waals surface area contributed by atoms with Crippen molar-refractivity contribution in [1.29, 1.82) is 0 Å². The smallest absolute Gasteiger partial charge is 0.410 e. The number of aryl methyl sites for hydroxylation is 1. The van der Waals surface area contributed by atoms with Gasteiger partial charge in [-0.2, -0.15) is 0 Å². The summed E-state index contributed by atoms with van der Waals surface area (Å²) in [6.45, 7) is 9.70. The summed E-state index contributed by atoms with van der Waals surface area (Å²) < 4.78 is 5.44. The zero-order valence-electron chi connectivity index (χ0n) is 18.3. The molecule has 1 N–H and O–H groups in total. The lowest BCUT2D eigenvalue weighted by Crippen LogP contribution is -2.49. The molecule has 2 aliphatic heterocycles.